The van der Waals surface area contributed by atoms with Gasteiger partial charge in [-0.2, -0.15) is 0 Å². The first-order valence-electron chi connectivity index (χ1n) is 8.63. The maximum absolute atomic E-state index is 11.9. The van der Waals surface area contributed by atoms with Gasteiger partial charge in [0.15, 0.2) is 0 Å². The van der Waals surface area contributed by atoms with E-state index >= 15 is 0 Å². The van der Waals surface area contributed by atoms with Crippen molar-refractivity contribution in [1.29, 1.82) is 0 Å². The van der Waals surface area contributed by atoms with Gasteiger partial charge in [0, 0.05) is 18.3 Å². The number of sulfonamides is 1. The van der Waals surface area contributed by atoms with Crippen molar-refractivity contribution in [3.63, 3.8) is 0 Å². The van der Waals surface area contributed by atoms with Crippen molar-refractivity contribution in [3.05, 3.63) is 18.2 Å². The van der Waals surface area contributed by atoms with Crippen molar-refractivity contribution in [1.82, 2.24) is 0 Å². The fraction of sp³-hybridized carbons (Fsp3) is 0.647. The summed E-state index contributed by atoms with van der Waals surface area (Å²) in [6.07, 6.45) is 0. The molecular weight excluding hydrogens is 357 g/mol. The number of hydrogen-bond acceptors (Lipinski definition) is 6. The van der Waals surface area contributed by atoms with Crippen LogP contribution in [0, 0.1) is 0 Å². The minimum atomic E-state index is -3.38. The lowest BCUT2D eigenvalue weighted by atomic mass is 9.78. The summed E-state index contributed by atoms with van der Waals surface area (Å²) in [6, 6.07) is 5.06. The minimum Gasteiger partial charge on any atom is -0.492 e. The number of methoxy groups -OCH3 is 1. The molecule has 1 aromatic rings. The summed E-state index contributed by atoms with van der Waals surface area (Å²) in [5, 5.41) is 0. The Hall–Kier alpha value is -1.29. The van der Waals surface area contributed by atoms with Gasteiger partial charge in [-0.15, -0.1) is 0 Å². The van der Waals surface area contributed by atoms with Crippen molar-refractivity contribution >= 4 is 28.3 Å². The van der Waals surface area contributed by atoms with E-state index in [0.29, 0.717) is 30.1 Å². The second-order valence-electron chi connectivity index (χ2n) is 7.19. The standard InChI is InChI=1S/C17H28BNO6S/c1-7-26(20,21)19-13-8-9-15(23-11-10-22-6)14(12-13)18-24-16(2,3)17(4,5)25-18/h8-9,12,19H,7,10-11H2,1-6H3. The molecule has 1 saturated heterocycles. The van der Waals surface area contributed by atoms with Crippen LogP contribution in [0.3, 0.4) is 0 Å². The van der Waals surface area contributed by atoms with Gasteiger partial charge < -0.3 is 18.8 Å². The molecule has 0 spiro atoms. The van der Waals surface area contributed by atoms with Crippen LogP contribution in [0.25, 0.3) is 0 Å². The van der Waals surface area contributed by atoms with Crippen molar-refractivity contribution in [2.45, 2.75) is 45.8 Å². The summed E-state index contributed by atoms with van der Waals surface area (Å²) in [6.45, 7) is 10.2. The Morgan fingerprint density at radius 1 is 1.12 bits per heavy atom. The zero-order chi connectivity index (χ0) is 19.6. The summed E-state index contributed by atoms with van der Waals surface area (Å²) in [5.74, 6) is 0.560. The van der Waals surface area contributed by atoms with E-state index in [1.54, 1.807) is 32.2 Å². The summed E-state index contributed by atoms with van der Waals surface area (Å²) in [5.41, 5.74) is 0.0487. The quantitative estimate of drug-likeness (QED) is 0.543. The van der Waals surface area contributed by atoms with Crippen LogP contribution in [0.15, 0.2) is 18.2 Å². The molecule has 2 rings (SSSR count). The average molecular weight is 385 g/mol. The molecule has 1 fully saturated rings. The van der Waals surface area contributed by atoms with Crippen LogP contribution in [0.4, 0.5) is 5.69 Å². The van der Waals surface area contributed by atoms with E-state index in [9.17, 15) is 8.42 Å². The van der Waals surface area contributed by atoms with Crippen LogP contribution in [0.2, 0.25) is 0 Å². The smallest absolute Gasteiger partial charge is 0.492 e. The van der Waals surface area contributed by atoms with Crippen molar-refractivity contribution in [3.8, 4) is 5.75 Å². The van der Waals surface area contributed by atoms with Crippen LogP contribution in [-0.2, 0) is 24.1 Å². The summed E-state index contributed by atoms with van der Waals surface area (Å²) >= 11 is 0. The van der Waals surface area contributed by atoms with Crippen LogP contribution >= 0.6 is 0 Å². The van der Waals surface area contributed by atoms with Crippen LogP contribution in [0.1, 0.15) is 34.6 Å². The Morgan fingerprint density at radius 3 is 2.27 bits per heavy atom. The van der Waals surface area contributed by atoms with Gasteiger partial charge in [-0.25, -0.2) is 8.42 Å². The van der Waals surface area contributed by atoms with Gasteiger partial charge in [-0.05, 0) is 52.8 Å². The van der Waals surface area contributed by atoms with Crippen LogP contribution in [0.5, 0.6) is 5.75 Å². The second kappa shape index (κ2) is 7.76. The van der Waals surface area contributed by atoms with Gasteiger partial charge in [0.1, 0.15) is 12.4 Å². The average Bonchev–Trinajstić information content (AvgIpc) is 2.76. The highest BCUT2D eigenvalue weighted by Gasteiger charge is 2.52. The minimum absolute atomic E-state index is 0.00901. The van der Waals surface area contributed by atoms with E-state index in [0.717, 1.165) is 0 Å². The van der Waals surface area contributed by atoms with Gasteiger partial charge in [0.25, 0.3) is 0 Å². The van der Waals surface area contributed by atoms with E-state index in [1.807, 2.05) is 27.7 Å². The third kappa shape index (κ3) is 4.70. The molecule has 0 saturated carbocycles. The molecule has 0 atom stereocenters. The Morgan fingerprint density at radius 2 is 1.73 bits per heavy atom. The highest BCUT2D eigenvalue weighted by Crippen LogP contribution is 2.37. The zero-order valence-electron chi connectivity index (χ0n) is 16.3. The molecule has 0 aliphatic carbocycles. The molecule has 1 aliphatic rings. The lowest BCUT2D eigenvalue weighted by molar-refractivity contribution is 0.00578. The van der Waals surface area contributed by atoms with Gasteiger partial charge >= 0.3 is 7.12 Å². The maximum atomic E-state index is 11.9. The fourth-order valence-electron chi connectivity index (χ4n) is 2.38. The van der Waals surface area contributed by atoms with E-state index in [1.165, 1.54) is 0 Å². The molecular formula is C17H28BNO6S. The molecule has 0 aromatic heterocycles. The fourth-order valence-corrected chi connectivity index (χ4v) is 3.01. The summed E-state index contributed by atoms with van der Waals surface area (Å²) in [4.78, 5) is 0. The van der Waals surface area contributed by atoms with Crippen LogP contribution < -0.4 is 14.9 Å². The predicted molar refractivity (Wildman–Crippen MR) is 103 cm³/mol. The predicted octanol–water partition coefficient (Wildman–Crippen LogP) is 1.77. The number of ether oxygens (including phenoxy) is 2. The van der Waals surface area contributed by atoms with Gasteiger partial charge in [-0.3, -0.25) is 4.72 Å². The van der Waals surface area contributed by atoms with Gasteiger partial charge in [-0.1, -0.05) is 0 Å². The van der Waals surface area contributed by atoms with E-state index in [-0.39, 0.29) is 5.75 Å². The summed E-state index contributed by atoms with van der Waals surface area (Å²) in [7, 11) is -2.45. The van der Waals surface area contributed by atoms with Crippen LogP contribution in [-0.4, -0.2) is 52.8 Å². The third-order valence-electron chi connectivity index (χ3n) is 4.72. The number of anilines is 1. The first kappa shape index (κ1) is 21.0. The highest BCUT2D eigenvalue weighted by atomic mass is 32.2. The normalized spacial score (nSPS) is 18.8. The molecule has 1 aromatic carbocycles. The Bertz CT molecular complexity index is 719. The second-order valence-corrected chi connectivity index (χ2v) is 9.20. The van der Waals surface area contributed by atoms with Gasteiger partial charge in [0.2, 0.25) is 10.0 Å². The van der Waals surface area contributed by atoms with Crippen molar-refractivity contribution in [2.75, 3.05) is 30.8 Å². The Labute approximate surface area is 156 Å². The topological polar surface area (TPSA) is 83.1 Å². The molecule has 146 valence electrons. The first-order valence-corrected chi connectivity index (χ1v) is 10.3. The van der Waals surface area contributed by atoms with Crippen molar-refractivity contribution in [2.24, 2.45) is 0 Å². The van der Waals surface area contributed by atoms with Gasteiger partial charge in [0.05, 0.1) is 23.6 Å². The number of benzene rings is 1. The molecule has 1 N–H and O–H groups in total. The molecule has 26 heavy (non-hydrogen) atoms. The highest BCUT2D eigenvalue weighted by molar-refractivity contribution is 7.92. The Kier molecular flexibility index (Phi) is 6.27. The SMILES string of the molecule is CCS(=O)(=O)Nc1ccc(OCCOC)c(B2OC(C)(C)C(C)(C)O2)c1. The molecule has 1 aliphatic heterocycles. The largest absolute Gasteiger partial charge is 0.498 e. The molecule has 1 heterocycles. The van der Waals surface area contributed by atoms with E-state index < -0.39 is 28.3 Å². The monoisotopic (exact) mass is 385 g/mol. The number of rotatable bonds is 8. The number of hydrogen-bond donors (Lipinski definition) is 1. The van der Waals surface area contributed by atoms with Crippen molar-refractivity contribution < 1.29 is 27.2 Å². The molecule has 0 radical (unpaired) electrons. The molecule has 0 bridgehead atoms. The molecule has 7 nitrogen and oxygen atoms in total. The lowest BCUT2D eigenvalue weighted by Gasteiger charge is -2.32. The maximum Gasteiger partial charge on any atom is 0.498 e. The van der Waals surface area contributed by atoms with E-state index in [4.69, 9.17) is 18.8 Å². The molecule has 0 amide bonds. The Balaban J connectivity index is 2.36. The zero-order valence-corrected chi connectivity index (χ0v) is 17.1. The first-order chi connectivity index (χ1) is 12.0. The molecule has 0 unspecified atom stereocenters. The van der Waals surface area contributed by atoms with E-state index in [2.05, 4.69) is 4.72 Å². The molecule has 9 heteroatoms. The third-order valence-corrected chi connectivity index (χ3v) is 6.02. The summed E-state index contributed by atoms with van der Waals surface area (Å²) < 4.78 is 49.3. The lowest BCUT2D eigenvalue weighted by Crippen LogP contribution is -2.41. The number of nitrogens with one attached hydrogen (secondary N) is 1.